The summed E-state index contributed by atoms with van der Waals surface area (Å²) >= 11 is 5.90. The standard InChI is InChI=1S/C23H29ClFN3O4S/c1-5-16(2)26-23(30)17(3)27(14-18-6-10-20(25)11-7-18)22(29)15-28(33(4,31)32)21-12-8-19(24)9-13-21/h6-13,16-17H,5,14-15H2,1-4H3,(H,26,30)/t16-,17+/m0/s1. The van der Waals surface area contributed by atoms with Crippen LogP contribution in [0.1, 0.15) is 32.8 Å². The molecule has 0 spiro atoms. The van der Waals surface area contributed by atoms with Gasteiger partial charge < -0.3 is 10.2 Å². The summed E-state index contributed by atoms with van der Waals surface area (Å²) in [6.07, 6.45) is 1.71. The monoisotopic (exact) mass is 497 g/mol. The van der Waals surface area contributed by atoms with Crippen molar-refractivity contribution in [1.29, 1.82) is 0 Å². The number of anilines is 1. The molecular formula is C23H29ClFN3O4S. The lowest BCUT2D eigenvalue weighted by molar-refractivity contribution is -0.139. The zero-order valence-corrected chi connectivity index (χ0v) is 20.7. The predicted molar refractivity (Wildman–Crippen MR) is 128 cm³/mol. The van der Waals surface area contributed by atoms with Gasteiger partial charge in [-0.15, -0.1) is 0 Å². The largest absolute Gasteiger partial charge is 0.352 e. The van der Waals surface area contributed by atoms with Crippen molar-refractivity contribution >= 4 is 39.1 Å². The number of benzene rings is 2. The van der Waals surface area contributed by atoms with E-state index < -0.39 is 34.3 Å². The van der Waals surface area contributed by atoms with E-state index in [2.05, 4.69) is 5.32 Å². The Hall–Kier alpha value is -2.65. The van der Waals surface area contributed by atoms with E-state index in [1.165, 1.54) is 53.4 Å². The molecule has 33 heavy (non-hydrogen) atoms. The minimum Gasteiger partial charge on any atom is -0.352 e. The molecule has 2 aromatic rings. The lowest BCUT2D eigenvalue weighted by Crippen LogP contribution is -2.52. The summed E-state index contributed by atoms with van der Waals surface area (Å²) in [7, 11) is -3.81. The van der Waals surface area contributed by atoms with Gasteiger partial charge in [0.2, 0.25) is 21.8 Å². The van der Waals surface area contributed by atoms with Crippen LogP contribution < -0.4 is 9.62 Å². The van der Waals surface area contributed by atoms with Crippen molar-refractivity contribution in [3.05, 3.63) is 64.9 Å². The molecule has 0 fully saturated rings. The van der Waals surface area contributed by atoms with E-state index in [-0.39, 0.29) is 24.2 Å². The van der Waals surface area contributed by atoms with E-state index in [1.54, 1.807) is 6.92 Å². The van der Waals surface area contributed by atoms with Gasteiger partial charge in [0.25, 0.3) is 0 Å². The highest BCUT2D eigenvalue weighted by Crippen LogP contribution is 2.21. The second kappa shape index (κ2) is 11.5. The maximum atomic E-state index is 13.4. The van der Waals surface area contributed by atoms with E-state index in [1.807, 2.05) is 13.8 Å². The molecule has 0 bridgehead atoms. The molecule has 0 saturated heterocycles. The van der Waals surface area contributed by atoms with Crippen LogP contribution in [0.15, 0.2) is 48.5 Å². The average molecular weight is 498 g/mol. The van der Waals surface area contributed by atoms with Crippen molar-refractivity contribution in [2.24, 2.45) is 0 Å². The molecule has 10 heteroatoms. The highest BCUT2D eigenvalue weighted by Gasteiger charge is 2.30. The minimum atomic E-state index is -3.81. The first-order valence-corrected chi connectivity index (χ1v) is 12.7. The molecule has 7 nitrogen and oxygen atoms in total. The van der Waals surface area contributed by atoms with Crippen LogP contribution in [-0.2, 0) is 26.2 Å². The number of hydrogen-bond acceptors (Lipinski definition) is 4. The molecule has 0 aliphatic heterocycles. The summed E-state index contributed by atoms with van der Waals surface area (Å²) in [5.41, 5.74) is 0.874. The summed E-state index contributed by atoms with van der Waals surface area (Å²) < 4.78 is 39.2. The van der Waals surface area contributed by atoms with Gasteiger partial charge in [-0.25, -0.2) is 12.8 Å². The van der Waals surface area contributed by atoms with Crippen LogP contribution >= 0.6 is 11.6 Å². The molecule has 0 aliphatic rings. The third kappa shape index (κ3) is 7.71. The van der Waals surface area contributed by atoms with Gasteiger partial charge in [-0.3, -0.25) is 13.9 Å². The number of carbonyl (C=O) groups is 2. The highest BCUT2D eigenvalue weighted by atomic mass is 35.5. The Balaban J connectivity index is 2.36. The fourth-order valence-corrected chi connectivity index (χ4v) is 4.03. The van der Waals surface area contributed by atoms with E-state index >= 15 is 0 Å². The molecular weight excluding hydrogens is 469 g/mol. The summed E-state index contributed by atoms with van der Waals surface area (Å²) in [6, 6.07) is 10.6. The molecule has 180 valence electrons. The summed E-state index contributed by atoms with van der Waals surface area (Å²) in [4.78, 5) is 27.4. The second-order valence-corrected chi connectivity index (χ2v) is 10.2. The van der Waals surface area contributed by atoms with Crippen molar-refractivity contribution in [2.45, 2.75) is 45.8 Å². The normalized spacial score (nSPS) is 13.2. The van der Waals surface area contributed by atoms with Crippen molar-refractivity contribution in [2.75, 3.05) is 17.1 Å². The van der Waals surface area contributed by atoms with Crippen molar-refractivity contribution in [3.63, 3.8) is 0 Å². The number of nitrogens with zero attached hydrogens (tertiary/aromatic N) is 2. The van der Waals surface area contributed by atoms with E-state index in [9.17, 15) is 22.4 Å². The summed E-state index contributed by atoms with van der Waals surface area (Å²) in [5.74, 6) is -1.37. The number of amides is 2. The van der Waals surface area contributed by atoms with Crippen LogP contribution in [0, 0.1) is 5.82 Å². The molecule has 2 atom stereocenters. The first kappa shape index (κ1) is 26.6. The SMILES string of the molecule is CC[C@H](C)NC(=O)[C@@H](C)N(Cc1ccc(F)cc1)C(=O)CN(c1ccc(Cl)cc1)S(C)(=O)=O. The van der Waals surface area contributed by atoms with Crippen LogP contribution in [0.2, 0.25) is 5.02 Å². The highest BCUT2D eigenvalue weighted by molar-refractivity contribution is 7.92. The van der Waals surface area contributed by atoms with Crippen LogP contribution in [0.25, 0.3) is 0 Å². The van der Waals surface area contributed by atoms with Crippen LogP contribution in [-0.4, -0.2) is 50.0 Å². The Morgan fingerprint density at radius 3 is 2.15 bits per heavy atom. The van der Waals surface area contributed by atoms with E-state index in [0.29, 0.717) is 17.0 Å². The summed E-state index contributed by atoms with van der Waals surface area (Å²) in [6.45, 7) is 4.84. The minimum absolute atomic E-state index is 0.00637. The third-order valence-electron chi connectivity index (χ3n) is 5.23. The summed E-state index contributed by atoms with van der Waals surface area (Å²) in [5, 5.41) is 3.26. The Labute approximate surface area is 199 Å². The number of nitrogens with one attached hydrogen (secondary N) is 1. The van der Waals surface area contributed by atoms with Crippen molar-refractivity contribution in [3.8, 4) is 0 Å². The fourth-order valence-electron chi connectivity index (χ4n) is 3.06. The Kier molecular flexibility index (Phi) is 9.25. The van der Waals surface area contributed by atoms with E-state index in [4.69, 9.17) is 11.6 Å². The van der Waals surface area contributed by atoms with Gasteiger partial charge in [-0.2, -0.15) is 0 Å². The molecule has 0 aliphatic carbocycles. The van der Waals surface area contributed by atoms with Gasteiger partial charge in [-0.05, 0) is 62.2 Å². The maximum Gasteiger partial charge on any atom is 0.244 e. The molecule has 2 aromatic carbocycles. The predicted octanol–water partition coefficient (Wildman–Crippen LogP) is 3.58. The first-order chi connectivity index (χ1) is 15.4. The zero-order chi connectivity index (χ0) is 24.8. The van der Waals surface area contributed by atoms with Crippen LogP contribution in [0.5, 0.6) is 0 Å². The maximum absolute atomic E-state index is 13.4. The van der Waals surface area contributed by atoms with Gasteiger partial charge in [-0.1, -0.05) is 30.7 Å². The fraction of sp³-hybridized carbons (Fsp3) is 0.391. The Morgan fingerprint density at radius 2 is 1.64 bits per heavy atom. The van der Waals surface area contributed by atoms with Gasteiger partial charge in [0.15, 0.2) is 0 Å². The van der Waals surface area contributed by atoms with Crippen LogP contribution in [0.3, 0.4) is 0 Å². The topological polar surface area (TPSA) is 86.8 Å². The van der Waals surface area contributed by atoms with Gasteiger partial charge >= 0.3 is 0 Å². The number of halogens is 2. The lowest BCUT2D eigenvalue weighted by Gasteiger charge is -2.32. The molecule has 0 unspecified atom stereocenters. The second-order valence-electron chi connectivity index (χ2n) is 7.89. The molecule has 2 amide bonds. The number of carbonyl (C=O) groups excluding carboxylic acids is 2. The molecule has 0 radical (unpaired) electrons. The lowest BCUT2D eigenvalue weighted by atomic mass is 10.1. The quantitative estimate of drug-likeness (QED) is 0.543. The average Bonchev–Trinajstić information content (AvgIpc) is 2.76. The Morgan fingerprint density at radius 1 is 1.06 bits per heavy atom. The van der Waals surface area contributed by atoms with Crippen LogP contribution in [0.4, 0.5) is 10.1 Å². The van der Waals surface area contributed by atoms with Gasteiger partial charge in [0.05, 0.1) is 11.9 Å². The van der Waals surface area contributed by atoms with E-state index in [0.717, 1.165) is 10.6 Å². The molecule has 1 N–H and O–H groups in total. The number of rotatable bonds is 10. The smallest absolute Gasteiger partial charge is 0.244 e. The molecule has 0 heterocycles. The molecule has 0 aromatic heterocycles. The molecule has 2 rings (SSSR count). The number of hydrogen-bond donors (Lipinski definition) is 1. The number of sulfonamides is 1. The zero-order valence-electron chi connectivity index (χ0n) is 19.1. The van der Waals surface area contributed by atoms with Gasteiger partial charge in [0.1, 0.15) is 18.4 Å². The third-order valence-corrected chi connectivity index (χ3v) is 6.62. The van der Waals surface area contributed by atoms with Gasteiger partial charge in [0, 0.05) is 17.6 Å². The Bertz CT molecular complexity index is 1060. The van der Waals surface area contributed by atoms with Crippen molar-refractivity contribution < 1.29 is 22.4 Å². The van der Waals surface area contributed by atoms with Crippen molar-refractivity contribution in [1.82, 2.24) is 10.2 Å². The first-order valence-electron chi connectivity index (χ1n) is 10.5. The molecule has 0 saturated carbocycles.